The van der Waals surface area contributed by atoms with Crippen molar-refractivity contribution >= 4 is 17.3 Å². The molecule has 0 fully saturated rings. The zero-order chi connectivity index (χ0) is 18.4. The fourth-order valence-electron chi connectivity index (χ4n) is 3.85. The molecule has 0 radical (unpaired) electrons. The molecule has 1 aromatic carbocycles. The van der Waals surface area contributed by atoms with Crippen LogP contribution in [0.3, 0.4) is 0 Å². The molecular formula is C22H26O2S. The van der Waals surface area contributed by atoms with Crippen molar-refractivity contribution in [3.8, 4) is 0 Å². The molecule has 0 bridgehead atoms. The van der Waals surface area contributed by atoms with E-state index in [0.29, 0.717) is 4.88 Å². The van der Waals surface area contributed by atoms with Gasteiger partial charge in [-0.25, -0.2) is 4.79 Å². The van der Waals surface area contributed by atoms with Crippen LogP contribution < -0.4 is 0 Å². The third-order valence-corrected chi connectivity index (χ3v) is 6.77. The van der Waals surface area contributed by atoms with Crippen LogP contribution >= 0.6 is 11.3 Å². The van der Waals surface area contributed by atoms with Gasteiger partial charge in [0.15, 0.2) is 0 Å². The molecule has 1 aliphatic carbocycles. The highest BCUT2D eigenvalue weighted by Gasteiger charge is 2.37. The van der Waals surface area contributed by atoms with Crippen LogP contribution in [0, 0.1) is 0 Å². The Labute approximate surface area is 154 Å². The molecule has 0 spiro atoms. The number of hydrogen-bond donors (Lipinski definition) is 1. The van der Waals surface area contributed by atoms with E-state index in [0.717, 1.165) is 4.88 Å². The van der Waals surface area contributed by atoms with E-state index in [-0.39, 0.29) is 16.7 Å². The van der Waals surface area contributed by atoms with E-state index in [9.17, 15) is 9.90 Å². The zero-order valence-corrected chi connectivity index (χ0v) is 16.2. The number of rotatable bonds is 4. The Hall–Kier alpha value is -1.87. The maximum Gasteiger partial charge on any atom is 0.345 e. The number of carboxylic acid groups (broad SMARTS) is 1. The van der Waals surface area contributed by atoms with Crippen molar-refractivity contribution in [1.29, 1.82) is 0 Å². The van der Waals surface area contributed by atoms with Crippen LogP contribution in [0.4, 0.5) is 0 Å². The molecule has 25 heavy (non-hydrogen) atoms. The van der Waals surface area contributed by atoms with Crippen molar-refractivity contribution < 1.29 is 9.90 Å². The summed E-state index contributed by atoms with van der Waals surface area (Å²) in [6.45, 7) is 13.3. The lowest BCUT2D eigenvalue weighted by Crippen LogP contribution is -2.34. The molecular weight excluding hydrogens is 328 g/mol. The van der Waals surface area contributed by atoms with Gasteiger partial charge in [0.25, 0.3) is 0 Å². The number of carboxylic acids is 1. The maximum atomic E-state index is 11.2. The summed E-state index contributed by atoms with van der Waals surface area (Å²) in [7, 11) is 0. The molecule has 3 rings (SSSR count). The van der Waals surface area contributed by atoms with E-state index < -0.39 is 5.97 Å². The maximum absolute atomic E-state index is 11.2. The van der Waals surface area contributed by atoms with Crippen LogP contribution in [-0.2, 0) is 10.8 Å². The molecule has 1 aliphatic rings. The van der Waals surface area contributed by atoms with Gasteiger partial charge in [0, 0.05) is 10.8 Å². The molecule has 1 unspecified atom stereocenters. The van der Waals surface area contributed by atoms with Crippen molar-refractivity contribution in [2.24, 2.45) is 0 Å². The van der Waals surface area contributed by atoms with Gasteiger partial charge >= 0.3 is 5.97 Å². The van der Waals surface area contributed by atoms with Crippen LogP contribution in [0.15, 0.2) is 43.0 Å². The molecule has 0 saturated heterocycles. The molecule has 2 nitrogen and oxygen atoms in total. The number of thiophene rings is 1. The van der Waals surface area contributed by atoms with Gasteiger partial charge in [0.2, 0.25) is 0 Å². The third-order valence-electron chi connectivity index (χ3n) is 5.62. The van der Waals surface area contributed by atoms with Gasteiger partial charge in [-0.3, -0.25) is 0 Å². The van der Waals surface area contributed by atoms with E-state index in [4.69, 9.17) is 0 Å². The second-order valence-electron chi connectivity index (χ2n) is 8.29. The first-order chi connectivity index (χ1) is 11.7. The van der Waals surface area contributed by atoms with E-state index >= 15 is 0 Å². The minimum absolute atomic E-state index is 0.0317. The van der Waals surface area contributed by atoms with Crippen LogP contribution in [0.2, 0.25) is 0 Å². The monoisotopic (exact) mass is 354 g/mol. The predicted octanol–water partition coefficient (Wildman–Crippen LogP) is 6.11. The lowest BCUT2D eigenvalue weighted by Gasteiger charge is -2.42. The average Bonchev–Trinajstić information content (AvgIpc) is 3.03. The standard InChI is InChI=1S/C22H26O2S/c1-6-15(18-9-10-19(25-18)20(23)24)14-7-8-16-17(13-14)22(4,5)12-11-21(16,2)3/h6-10,13,15H,1,11-12H2,2-5H3,(H,23,24). The van der Waals surface area contributed by atoms with Gasteiger partial charge in [0.1, 0.15) is 4.88 Å². The van der Waals surface area contributed by atoms with Crippen molar-refractivity contribution in [2.75, 3.05) is 0 Å². The molecule has 0 saturated carbocycles. The summed E-state index contributed by atoms with van der Waals surface area (Å²) >= 11 is 1.33. The van der Waals surface area contributed by atoms with Gasteiger partial charge in [0.05, 0.1) is 0 Å². The Bertz CT molecular complexity index is 826. The summed E-state index contributed by atoms with van der Waals surface area (Å²) in [4.78, 5) is 12.6. The van der Waals surface area contributed by atoms with Crippen molar-refractivity contribution in [2.45, 2.75) is 57.3 Å². The third kappa shape index (κ3) is 3.18. The van der Waals surface area contributed by atoms with E-state index in [1.54, 1.807) is 6.07 Å². The first-order valence-corrected chi connectivity index (χ1v) is 9.58. The van der Waals surface area contributed by atoms with Crippen LogP contribution in [0.25, 0.3) is 0 Å². The largest absolute Gasteiger partial charge is 0.477 e. The second-order valence-corrected chi connectivity index (χ2v) is 9.41. The summed E-state index contributed by atoms with van der Waals surface area (Å²) in [6.07, 6.45) is 4.29. The quantitative estimate of drug-likeness (QED) is 0.672. The first-order valence-electron chi connectivity index (χ1n) is 8.76. The van der Waals surface area contributed by atoms with Crippen molar-refractivity contribution in [3.05, 3.63) is 69.4 Å². The van der Waals surface area contributed by atoms with Crippen LogP contribution in [0.1, 0.15) is 77.7 Å². The Kier molecular flexibility index (Phi) is 4.40. The predicted molar refractivity (Wildman–Crippen MR) is 105 cm³/mol. The van der Waals surface area contributed by atoms with Gasteiger partial charge in [-0.05, 0) is 52.5 Å². The SMILES string of the molecule is C=CC(c1ccc2c(c1)C(C)(C)CCC2(C)C)c1ccc(C(=O)O)s1. The van der Waals surface area contributed by atoms with Gasteiger partial charge in [-0.15, -0.1) is 17.9 Å². The van der Waals surface area contributed by atoms with E-state index in [1.165, 1.54) is 40.9 Å². The first kappa shape index (κ1) is 17.9. The van der Waals surface area contributed by atoms with E-state index in [2.05, 4.69) is 52.5 Å². The average molecular weight is 355 g/mol. The molecule has 132 valence electrons. The molecule has 1 atom stereocenters. The Morgan fingerprint density at radius 3 is 2.32 bits per heavy atom. The highest BCUT2D eigenvalue weighted by molar-refractivity contribution is 7.14. The number of hydrogen-bond acceptors (Lipinski definition) is 2. The topological polar surface area (TPSA) is 37.3 Å². The molecule has 0 amide bonds. The summed E-state index contributed by atoms with van der Waals surface area (Å²) < 4.78 is 0. The number of allylic oxidation sites excluding steroid dienone is 1. The van der Waals surface area contributed by atoms with Gasteiger partial charge in [-0.2, -0.15) is 0 Å². The highest BCUT2D eigenvalue weighted by Crippen LogP contribution is 2.47. The summed E-state index contributed by atoms with van der Waals surface area (Å²) in [5, 5.41) is 9.19. The smallest absolute Gasteiger partial charge is 0.345 e. The Morgan fingerprint density at radius 1 is 1.12 bits per heavy atom. The molecule has 3 heteroatoms. The van der Waals surface area contributed by atoms with Crippen molar-refractivity contribution in [1.82, 2.24) is 0 Å². The summed E-state index contributed by atoms with van der Waals surface area (Å²) in [6, 6.07) is 10.4. The summed E-state index contributed by atoms with van der Waals surface area (Å²) in [5.41, 5.74) is 4.41. The minimum atomic E-state index is -0.868. The Morgan fingerprint density at radius 2 is 1.76 bits per heavy atom. The number of fused-ring (bicyclic) bond motifs is 1. The van der Waals surface area contributed by atoms with Crippen LogP contribution in [0.5, 0.6) is 0 Å². The van der Waals surface area contributed by atoms with Gasteiger partial charge in [-0.1, -0.05) is 52.0 Å². The number of benzene rings is 1. The molecule has 1 heterocycles. The lowest BCUT2D eigenvalue weighted by atomic mass is 9.62. The lowest BCUT2D eigenvalue weighted by molar-refractivity contribution is 0.0702. The second kappa shape index (κ2) is 6.14. The molecule has 0 aliphatic heterocycles. The molecule has 1 N–H and O–H groups in total. The summed E-state index contributed by atoms with van der Waals surface area (Å²) in [5.74, 6) is -0.836. The Balaban J connectivity index is 2.07. The molecule has 2 aromatic rings. The zero-order valence-electron chi connectivity index (χ0n) is 15.4. The minimum Gasteiger partial charge on any atom is -0.477 e. The number of carbonyl (C=O) groups is 1. The fraction of sp³-hybridized carbons (Fsp3) is 0.409. The van der Waals surface area contributed by atoms with Crippen LogP contribution in [-0.4, -0.2) is 11.1 Å². The fourth-order valence-corrected chi connectivity index (χ4v) is 4.82. The molecule has 1 aromatic heterocycles. The normalized spacial score (nSPS) is 19.0. The van der Waals surface area contributed by atoms with Gasteiger partial charge < -0.3 is 5.11 Å². The number of aromatic carboxylic acids is 1. The highest BCUT2D eigenvalue weighted by atomic mass is 32.1. The van der Waals surface area contributed by atoms with E-state index in [1.807, 2.05) is 12.1 Å². The van der Waals surface area contributed by atoms with Crippen molar-refractivity contribution in [3.63, 3.8) is 0 Å².